The fraction of sp³-hybridized carbons (Fsp3) is 0.348. The second kappa shape index (κ2) is 9.43. The number of aromatic nitrogens is 2. The first-order chi connectivity index (χ1) is 14.4. The van der Waals surface area contributed by atoms with E-state index in [0.29, 0.717) is 23.4 Å². The molecule has 158 valence electrons. The highest BCUT2D eigenvalue weighted by Crippen LogP contribution is 2.18. The van der Waals surface area contributed by atoms with Crippen molar-refractivity contribution < 1.29 is 14.3 Å². The quantitative estimate of drug-likeness (QED) is 0.619. The first-order valence-electron chi connectivity index (χ1n) is 9.91. The van der Waals surface area contributed by atoms with Crippen LogP contribution in [-0.2, 0) is 11.3 Å². The number of hydrogen-bond donors (Lipinski definition) is 1. The van der Waals surface area contributed by atoms with Gasteiger partial charge in [0.1, 0.15) is 24.7 Å². The highest BCUT2D eigenvalue weighted by Gasteiger charge is 2.19. The fourth-order valence-corrected chi connectivity index (χ4v) is 3.16. The lowest BCUT2D eigenvalue weighted by molar-refractivity contribution is -0.123. The molecule has 1 heterocycles. The number of methoxy groups -OCH3 is 1. The molecule has 1 amide bonds. The van der Waals surface area contributed by atoms with Gasteiger partial charge in [-0.25, -0.2) is 4.68 Å². The molecule has 1 atom stereocenters. The number of ether oxygens (including phenoxy) is 2. The molecule has 0 saturated carbocycles. The number of nitrogens with zero attached hydrogens (tertiary/aromatic N) is 2. The lowest BCUT2D eigenvalue weighted by Gasteiger charge is -2.23. The van der Waals surface area contributed by atoms with E-state index in [1.165, 1.54) is 4.68 Å². The van der Waals surface area contributed by atoms with E-state index >= 15 is 0 Å². The summed E-state index contributed by atoms with van der Waals surface area (Å²) in [7, 11) is 1.61. The number of carbonyl (C=O) groups is 1. The summed E-state index contributed by atoms with van der Waals surface area (Å²) in [5.74, 6) is 1.31. The van der Waals surface area contributed by atoms with Crippen LogP contribution >= 0.6 is 0 Å². The average Bonchev–Trinajstić information content (AvgIpc) is 2.75. The molecule has 0 aliphatic heterocycles. The topological polar surface area (TPSA) is 82.4 Å². The molecule has 1 aromatic heterocycles. The Labute approximate surface area is 175 Å². The molecule has 7 nitrogen and oxygen atoms in total. The van der Waals surface area contributed by atoms with E-state index < -0.39 is 0 Å². The Kier molecular flexibility index (Phi) is 6.72. The molecule has 30 heavy (non-hydrogen) atoms. The van der Waals surface area contributed by atoms with Crippen molar-refractivity contribution in [3.8, 4) is 11.5 Å². The van der Waals surface area contributed by atoms with Crippen molar-refractivity contribution in [2.45, 2.75) is 33.4 Å². The summed E-state index contributed by atoms with van der Waals surface area (Å²) in [4.78, 5) is 25.3. The van der Waals surface area contributed by atoms with Gasteiger partial charge in [0, 0.05) is 5.39 Å². The highest BCUT2D eigenvalue weighted by atomic mass is 16.5. The molecule has 0 fully saturated rings. The molecule has 2 aromatic carbocycles. The molecule has 0 aliphatic rings. The third-order valence-corrected chi connectivity index (χ3v) is 4.99. The molecule has 0 spiro atoms. The molecule has 0 aliphatic carbocycles. The van der Waals surface area contributed by atoms with Crippen LogP contribution in [0, 0.1) is 12.8 Å². The van der Waals surface area contributed by atoms with Crippen molar-refractivity contribution in [3.05, 3.63) is 64.6 Å². The van der Waals surface area contributed by atoms with Gasteiger partial charge >= 0.3 is 0 Å². The number of amides is 1. The molecular weight excluding hydrogens is 382 g/mol. The summed E-state index contributed by atoms with van der Waals surface area (Å²) in [6, 6.07) is 14.3. The molecule has 0 unspecified atom stereocenters. The Balaban J connectivity index is 1.67. The summed E-state index contributed by atoms with van der Waals surface area (Å²) in [5.41, 5.74) is 0.433. The van der Waals surface area contributed by atoms with Crippen molar-refractivity contribution in [2.75, 3.05) is 13.7 Å². The Bertz CT molecular complexity index is 1070. The van der Waals surface area contributed by atoms with E-state index in [4.69, 9.17) is 9.47 Å². The maximum Gasteiger partial charge on any atom is 0.275 e. The van der Waals surface area contributed by atoms with Gasteiger partial charge in [-0.1, -0.05) is 32.0 Å². The van der Waals surface area contributed by atoms with E-state index in [1.807, 2.05) is 57.2 Å². The van der Waals surface area contributed by atoms with Crippen molar-refractivity contribution in [2.24, 2.45) is 5.92 Å². The molecular formula is C23H27N3O4. The largest absolute Gasteiger partial charge is 0.497 e. The van der Waals surface area contributed by atoms with Crippen LogP contribution in [0.4, 0.5) is 0 Å². The normalized spacial score (nSPS) is 12.0. The number of benzene rings is 2. The molecule has 3 rings (SSSR count). The van der Waals surface area contributed by atoms with Gasteiger partial charge in [-0.15, -0.1) is 0 Å². The van der Waals surface area contributed by atoms with E-state index in [0.717, 1.165) is 11.1 Å². The summed E-state index contributed by atoms with van der Waals surface area (Å²) < 4.78 is 12.2. The second-order valence-electron chi connectivity index (χ2n) is 7.50. The van der Waals surface area contributed by atoms with Crippen molar-refractivity contribution in [3.63, 3.8) is 0 Å². The minimum absolute atomic E-state index is 0.143. The van der Waals surface area contributed by atoms with Crippen LogP contribution in [0.25, 0.3) is 10.8 Å². The predicted molar refractivity (Wildman–Crippen MR) is 116 cm³/mol. The number of hydrogen-bond acceptors (Lipinski definition) is 5. The predicted octanol–water partition coefficient (Wildman–Crippen LogP) is 2.93. The summed E-state index contributed by atoms with van der Waals surface area (Å²) in [6.45, 7) is 6.01. The lowest BCUT2D eigenvalue weighted by Crippen LogP contribution is -2.45. The first-order valence-corrected chi connectivity index (χ1v) is 9.91. The van der Waals surface area contributed by atoms with Crippen molar-refractivity contribution in [1.82, 2.24) is 15.1 Å². The molecule has 3 aromatic rings. The molecule has 0 bridgehead atoms. The molecule has 7 heteroatoms. The van der Waals surface area contributed by atoms with Gasteiger partial charge < -0.3 is 14.8 Å². The van der Waals surface area contributed by atoms with E-state index in [9.17, 15) is 9.59 Å². The molecule has 0 radical (unpaired) electrons. The van der Waals surface area contributed by atoms with Crippen LogP contribution in [0.15, 0.2) is 53.3 Å². The van der Waals surface area contributed by atoms with Crippen molar-refractivity contribution in [1.29, 1.82) is 0 Å². The highest BCUT2D eigenvalue weighted by molar-refractivity contribution is 5.83. The average molecular weight is 409 g/mol. The van der Waals surface area contributed by atoms with E-state index in [1.54, 1.807) is 19.2 Å². The lowest BCUT2D eigenvalue weighted by atomic mass is 10.1. The maximum absolute atomic E-state index is 12.7. The van der Waals surface area contributed by atoms with Crippen LogP contribution in [-0.4, -0.2) is 35.4 Å². The SMILES string of the molecule is COc1ccc(OC[C@H](NC(=O)Cn2nc(C)c3ccccc3c2=O)C(C)C)cc1. The van der Waals surface area contributed by atoms with Gasteiger partial charge in [-0.2, -0.15) is 5.10 Å². The summed E-state index contributed by atoms with van der Waals surface area (Å²) in [6.07, 6.45) is 0. The van der Waals surface area contributed by atoms with Gasteiger partial charge in [0.05, 0.1) is 24.2 Å². The third-order valence-electron chi connectivity index (χ3n) is 4.99. The van der Waals surface area contributed by atoms with Crippen molar-refractivity contribution >= 4 is 16.7 Å². The zero-order valence-electron chi connectivity index (χ0n) is 17.7. The third kappa shape index (κ3) is 4.97. The van der Waals surface area contributed by atoms with Crippen LogP contribution in [0.5, 0.6) is 11.5 Å². The summed E-state index contributed by atoms with van der Waals surface area (Å²) >= 11 is 0. The van der Waals surface area contributed by atoms with Crippen LogP contribution in [0.3, 0.4) is 0 Å². The smallest absolute Gasteiger partial charge is 0.275 e. The van der Waals surface area contributed by atoms with Crippen LogP contribution < -0.4 is 20.3 Å². The number of carbonyl (C=O) groups excluding carboxylic acids is 1. The van der Waals surface area contributed by atoms with Crippen LogP contribution in [0.2, 0.25) is 0 Å². The number of rotatable bonds is 8. The zero-order valence-corrected chi connectivity index (χ0v) is 17.7. The Hall–Kier alpha value is -3.35. The molecule has 0 saturated heterocycles. The standard InChI is InChI=1S/C23H27N3O4/c1-15(2)21(14-30-18-11-9-17(29-4)10-12-18)24-22(27)13-26-23(28)20-8-6-5-7-19(20)16(3)25-26/h5-12,15,21H,13-14H2,1-4H3,(H,24,27)/t21-/m0/s1. The second-order valence-corrected chi connectivity index (χ2v) is 7.50. The maximum atomic E-state index is 12.7. The zero-order chi connectivity index (χ0) is 21.7. The summed E-state index contributed by atoms with van der Waals surface area (Å²) in [5, 5.41) is 8.62. The number of aryl methyl sites for hydroxylation is 1. The van der Waals surface area contributed by atoms with Gasteiger partial charge in [0.15, 0.2) is 0 Å². The monoisotopic (exact) mass is 409 g/mol. The number of fused-ring (bicyclic) bond motifs is 1. The van der Waals surface area contributed by atoms with Gasteiger partial charge in [-0.3, -0.25) is 9.59 Å². The minimum atomic E-state index is -0.281. The van der Waals surface area contributed by atoms with Crippen LogP contribution in [0.1, 0.15) is 19.5 Å². The Morgan fingerprint density at radius 2 is 1.70 bits per heavy atom. The minimum Gasteiger partial charge on any atom is -0.497 e. The fourth-order valence-electron chi connectivity index (χ4n) is 3.16. The van der Waals surface area contributed by atoms with E-state index in [-0.39, 0.29) is 30.0 Å². The Morgan fingerprint density at radius 1 is 1.07 bits per heavy atom. The van der Waals surface area contributed by atoms with Gasteiger partial charge in [0.2, 0.25) is 5.91 Å². The van der Waals surface area contributed by atoms with Gasteiger partial charge in [0.25, 0.3) is 5.56 Å². The first kappa shape index (κ1) is 21.4. The molecule has 1 N–H and O–H groups in total. The van der Waals surface area contributed by atoms with Gasteiger partial charge in [-0.05, 0) is 43.2 Å². The van der Waals surface area contributed by atoms with E-state index in [2.05, 4.69) is 10.4 Å². The Morgan fingerprint density at radius 3 is 2.33 bits per heavy atom. The number of nitrogens with one attached hydrogen (secondary N) is 1.